The molecule has 2 atom stereocenters. The SMILES string of the molecule is CNCCN(C)Cc1cccc(C2CC(c3cn[nH]c3)c3cnn(C(C)C)c3N2C)c1. The van der Waals surface area contributed by atoms with Crippen molar-refractivity contribution in [3.8, 4) is 0 Å². The van der Waals surface area contributed by atoms with Crippen molar-refractivity contribution < 1.29 is 0 Å². The van der Waals surface area contributed by atoms with Crippen LogP contribution in [0.25, 0.3) is 0 Å². The van der Waals surface area contributed by atoms with Gasteiger partial charge in [-0.1, -0.05) is 24.3 Å². The highest BCUT2D eigenvalue weighted by Crippen LogP contribution is 2.47. The molecule has 0 fully saturated rings. The summed E-state index contributed by atoms with van der Waals surface area (Å²) >= 11 is 0. The number of fused-ring (bicyclic) bond motifs is 1. The summed E-state index contributed by atoms with van der Waals surface area (Å²) < 4.78 is 2.16. The molecule has 4 rings (SSSR count). The third kappa shape index (κ3) is 4.38. The van der Waals surface area contributed by atoms with Crippen LogP contribution < -0.4 is 10.2 Å². The van der Waals surface area contributed by atoms with Gasteiger partial charge in [-0.15, -0.1) is 0 Å². The van der Waals surface area contributed by atoms with E-state index in [1.807, 2.05) is 25.6 Å². The van der Waals surface area contributed by atoms with Crippen LogP contribution in [0.5, 0.6) is 0 Å². The predicted octanol–water partition coefficient (Wildman–Crippen LogP) is 3.55. The molecule has 0 saturated heterocycles. The Morgan fingerprint density at radius 2 is 2.10 bits per heavy atom. The fraction of sp³-hybridized carbons (Fsp3) is 0.500. The first-order valence-electron chi connectivity index (χ1n) is 11.2. The van der Waals surface area contributed by atoms with Crippen molar-refractivity contribution in [1.82, 2.24) is 30.2 Å². The molecule has 2 unspecified atom stereocenters. The molecule has 0 saturated carbocycles. The molecule has 3 aromatic rings. The van der Waals surface area contributed by atoms with Gasteiger partial charge in [0.05, 0.1) is 18.4 Å². The van der Waals surface area contributed by atoms with Crippen molar-refractivity contribution in [2.24, 2.45) is 0 Å². The van der Waals surface area contributed by atoms with Crippen LogP contribution in [0.1, 0.15) is 60.5 Å². The largest absolute Gasteiger partial charge is 0.353 e. The second kappa shape index (κ2) is 9.24. The van der Waals surface area contributed by atoms with Gasteiger partial charge in [-0.25, -0.2) is 4.68 Å². The third-order valence-corrected chi connectivity index (χ3v) is 6.38. The Bertz CT molecular complexity index is 976. The average Bonchev–Trinajstić information content (AvgIpc) is 3.43. The molecular formula is C24H35N7. The zero-order chi connectivity index (χ0) is 22.0. The molecular weight excluding hydrogens is 386 g/mol. The monoisotopic (exact) mass is 421 g/mol. The molecule has 0 bridgehead atoms. The molecule has 7 heteroatoms. The molecule has 0 radical (unpaired) electrons. The first-order valence-corrected chi connectivity index (χ1v) is 11.2. The Kier molecular flexibility index (Phi) is 6.43. The highest BCUT2D eigenvalue weighted by molar-refractivity contribution is 5.56. The average molecular weight is 422 g/mol. The molecule has 3 heterocycles. The highest BCUT2D eigenvalue weighted by Gasteiger charge is 2.36. The van der Waals surface area contributed by atoms with Crippen molar-refractivity contribution in [2.75, 3.05) is 39.1 Å². The third-order valence-electron chi connectivity index (χ3n) is 6.38. The van der Waals surface area contributed by atoms with Gasteiger partial charge in [0.1, 0.15) is 5.82 Å². The molecule has 0 aliphatic carbocycles. The molecule has 166 valence electrons. The summed E-state index contributed by atoms with van der Waals surface area (Å²) in [4.78, 5) is 4.78. The van der Waals surface area contributed by atoms with Crippen LogP contribution in [-0.2, 0) is 6.54 Å². The van der Waals surface area contributed by atoms with Crippen LogP contribution in [-0.4, -0.2) is 59.1 Å². The summed E-state index contributed by atoms with van der Waals surface area (Å²) in [5.41, 5.74) is 5.23. The predicted molar refractivity (Wildman–Crippen MR) is 126 cm³/mol. The van der Waals surface area contributed by atoms with Gasteiger partial charge in [0.25, 0.3) is 0 Å². The minimum absolute atomic E-state index is 0.282. The molecule has 0 amide bonds. The van der Waals surface area contributed by atoms with E-state index in [1.54, 1.807) is 0 Å². The summed E-state index contributed by atoms with van der Waals surface area (Å²) in [6, 6.07) is 9.67. The van der Waals surface area contributed by atoms with Gasteiger partial charge in [0.2, 0.25) is 0 Å². The maximum atomic E-state index is 4.75. The topological polar surface area (TPSA) is 65.0 Å². The number of nitrogens with zero attached hydrogens (tertiary/aromatic N) is 5. The number of H-pyrrole nitrogens is 1. The zero-order valence-electron chi connectivity index (χ0n) is 19.3. The number of hydrogen-bond donors (Lipinski definition) is 2. The quantitative estimate of drug-likeness (QED) is 0.582. The zero-order valence-corrected chi connectivity index (χ0v) is 19.3. The lowest BCUT2D eigenvalue weighted by Gasteiger charge is -2.39. The van der Waals surface area contributed by atoms with Crippen molar-refractivity contribution in [3.63, 3.8) is 0 Å². The fourth-order valence-electron chi connectivity index (χ4n) is 4.73. The van der Waals surface area contributed by atoms with E-state index in [9.17, 15) is 0 Å². The van der Waals surface area contributed by atoms with Gasteiger partial charge < -0.3 is 15.1 Å². The van der Waals surface area contributed by atoms with Gasteiger partial charge in [0, 0.05) is 50.4 Å². The standard InChI is InChI=1S/C24H35N7/c1-17(2)31-24-22(15-28-31)21(20-13-26-27-14-20)12-23(30(24)5)19-8-6-7-18(11-19)16-29(4)10-9-25-3/h6-8,11,13-15,17,21,23,25H,9-10,12,16H2,1-5H3,(H,26,27). The minimum atomic E-state index is 0.282. The van der Waals surface area contributed by atoms with Crippen molar-refractivity contribution in [3.05, 3.63) is 65.1 Å². The number of hydrogen-bond acceptors (Lipinski definition) is 5. The van der Waals surface area contributed by atoms with Crippen LogP contribution in [0.2, 0.25) is 0 Å². The van der Waals surface area contributed by atoms with Gasteiger partial charge in [-0.05, 0) is 51.1 Å². The Labute approximate surface area is 185 Å². The van der Waals surface area contributed by atoms with Gasteiger partial charge >= 0.3 is 0 Å². The van der Waals surface area contributed by atoms with E-state index in [0.717, 1.165) is 26.1 Å². The number of anilines is 1. The molecule has 1 aliphatic heterocycles. The minimum Gasteiger partial charge on any atom is -0.353 e. The van der Waals surface area contributed by atoms with E-state index in [-0.39, 0.29) is 12.0 Å². The molecule has 2 N–H and O–H groups in total. The van der Waals surface area contributed by atoms with Crippen LogP contribution in [0.15, 0.2) is 42.9 Å². The van der Waals surface area contributed by atoms with Crippen molar-refractivity contribution in [2.45, 2.75) is 44.8 Å². The van der Waals surface area contributed by atoms with E-state index in [0.29, 0.717) is 6.04 Å². The number of likely N-dealkylation sites (N-methyl/N-ethyl adjacent to an activating group) is 2. The smallest absolute Gasteiger partial charge is 0.131 e. The Morgan fingerprint density at radius 1 is 1.26 bits per heavy atom. The van der Waals surface area contributed by atoms with Crippen molar-refractivity contribution in [1.29, 1.82) is 0 Å². The molecule has 1 aliphatic rings. The number of benzene rings is 1. The van der Waals surface area contributed by atoms with Crippen LogP contribution in [0, 0.1) is 0 Å². The molecule has 31 heavy (non-hydrogen) atoms. The first kappa shape index (κ1) is 21.6. The van der Waals surface area contributed by atoms with Crippen LogP contribution in [0.4, 0.5) is 5.82 Å². The summed E-state index contributed by atoms with van der Waals surface area (Å²) in [6.07, 6.45) is 7.03. The lowest BCUT2D eigenvalue weighted by molar-refractivity contribution is 0.328. The molecule has 7 nitrogen and oxygen atoms in total. The Morgan fingerprint density at radius 3 is 2.81 bits per heavy atom. The summed E-state index contributed by atoms with van der Waals surface area (Å²) in [5.74, 6) is 1.50. The van der Waals surface area contributed by atoms with E-state index in [2.05, 4.69) is 82.2 Å². The lowest BCUT2D eigenvalue weighted by atomic mass is 9.82. The van der Waals surface area contributed by atoms with Gasteiger partial charge in [-0.3, -0.25) is 5.10 Å². The highest BCUT2D eigenvalue weighted by atomic mass is 15.4. The number of nitrogens with one attached hydrogen (secondary N) is 2. The molecule has 0 spiro atoms. The van der Waals surface area contributed by atoms with E-state index >= 15 is 0 Å². The maximum Gasteiger partial charge on any atom is 0.131 e. The summed E-state index contributed by atoms with van der Waals surface area (Å²) in [7, 11) is 6.39. The molecule has 2 aromatic heterocycles. The van der Waals surface area contributed by atoms with Gasteiger partial charge in [0.15, 0.2) is 0 Å². The number of rotatable bonds is 8. The maximum absolute atomic E-state index is 4.75. The summed E-state index contributed by atoms with van der Waals surface area (Å²) in [5, 5.41) is 15.2. The lowest BCUT2D eigenvalue weighted by Crippen LogP contribution is -2.33. The number of aromatic amines is 1. The first-order chi connectivity index (χ1) is 15.0. The van der Waals surface area contributed by atoms with Gasteiger partial charge in [-0.2, -0.15) is 10.2 Å². The van der Waals surface area contributed by atoms with E-state index in [4.69, 9.17) is 5.10 Å². The Balaban J connectivity index is 1.67. The number of aromatic nitrogens is 4. The van der Waals surface area contributed by atoms with E-state index < -0.39 is 0 Å². The van der Waals surface area contributed by atoms with E-state index in [1.165, 1.54) is 28.1 Å². The second-order valence-electron chi connectivity index (χ2n) is 8.99. The molecule has 1 aromatic carbocycles. The normalized spacial score (nSPS) is 18.7. The summed E-state index contributed by atoms with van der Waals surface area (Å²) in [6.45, 7) is 7.37. The fourth-order valence-corrected chi connectivity index (χ4v) is 4.73. The van der Waals surface area contributed by atoms with Crippen LogP contribution in [0.3, 0.4) is 0 Å². The Hall–Kier alpha value is -2.64. The van der Waals surface area contributed by atoms with Crippen LogP contribution >= 0.6 is 0 Å². The second-order valence-corrected chi connectivity index (χ2v) is 8.99. The van der Waals surface area contributed by atoms with Crippen molar-refractivity contribution >= 4 is 5.82 Å².